The summed E-state index contributed by atoms with van der Waals surface area (Å²) in [6.07, 6.45) is 8.67. The molecule has 0 aromatic rings. The summed E-state index contributed by atoms with van der Waals surface area (Å²) in [5.41, 5.74) is 0.200. The van der Waals surface area contributed by atoms with Crippen LogP contribution in [0.3, 0.4) is 0 Å². The first-order valence-electron chi connectivity index (χ1n) is 4.90. The molecule has 0 aromatic carbocycles. The Balaban J connectivity index is 3.56. The minimum Gasteiger partial charge on any atom is -0.473 e. The number of ether oxygens (including phenoxy) is 1. The summed E-state index contributed by atoms with van der Waals surface area (Å²) in [6, 6.07) is 0. The van der Waals surface area contributed by atoms with Crippen molar-refractivity contribution in [1.82, 2.24) is 0 Å². The maximum absolute atomic E-state index is 5.20. The van der Waals surface area contributed by atoms with Gasteiger partial charge < -0.3 is 4.74 Å². The van der Waals surface area contributed by atoms with E-state index in [0.717, 1.165) is 6.42 Å². The SMILES string of the molecule is CC(C)CC=COC=CC(C)(C)C. The van der Waals surface area contributed by atoms with Crippen LogP contribution in [0.2, 0.25) is 0 Å². The van der Waals surface area contributed by atoms with Crippen molar-refractivity contribution >= 4 is 0 Å². The van der Waals surface area contributed by atoms with Crippen LogP contribution in [-0.4, -0.2) is 0 Å². The number of rotatable bonds is 4. The zero-order chi connectivity index (χ0) is 10.3. The lowest BCUT2D eigenvalue weighted by Crippen LogP contribution is -1.98. The molecule has 0 spiro atoms. The van der Waals surface area contributed by atoms with Gasteiger partial charge in [0.25, 0.3) is 0 Å². The summed E-state index contributed by atoms with van der Waals surface area (Å²) in [5.74, 6) is 0.700. The monoisotopic (exact) mass is 182 g/mol. The van der Waals surface area contributed by atoms with Crippen molar-refractivity contribution in [2.24, 2.45) is 11.3 Å². The van der Waals surface area contributed by atoms with Crippen LogP contribution in [0.25, 0.3) is 0 Å². The molecule has 1 heteroatoms. The fourth-order valence-corrected chi connectivity index (χ4v) is 0.672. The zero-order valence-electron chi connectivity index (χ0n) is 9.50. The van der Waals surface area contributed by atoms with E-state index in [9.17, 15) is 0 Å². The van der Waals surface area contributed by atoms with Crippen molar-refractivity contribution in [2.45, 2.75) is 41.0 Å². The molecule has 0 aromatic heterocycles. The lowest BCUT2D eigenvalue weighted by molar-refractivity contribution is 0.386. The van der Waals surface area contributed by atoms with E-state index < -0.39 is 0 Å². The highest BCUT2D eigenvalue weighted by Crippen LogP contribution is 2.14. The summed E-state index contributed by atoms with van der Waals surface area (Å²) in [6.45, 7) is 10.8. The first kappa shape index (κ1) is 12.3. The molecule has 0 rings (SSSR count). The third kappa shape index (κ3) is 11.3. The predicted octanol–water partition coefficient (Wildman–Crippen LogP) is 4.12. The molecule has 76 valence electrons. The van der Waals surface area contributed by atoms with Gasteiger partial charge in [0.15, 0.2) is 0 Å². The Morgan fingerprint density at radius 3 is 2.23 bits per heavy atom. The number of hydrogen-bond acceptors (Lipinski definition) is 1. The third-order valence-corrected chi connectivity index (χ3v) is 1.43. The Bertz CT molecular complexity index is 170. The van der Waals surface area contributed by atoms with E-state index >= 15 is 0 Å². The van der Waals surface area contributed by atoms with Crippen LogP contribution in [0.5, 0.6) is 0 Å². The summed E-state index contributed by atoms with van der Waals surface area (Å²) >= 11 is 0. The minimum atomic E-state index is 0.200. The third-order valence-electron chi connectivity index (χ3n) is 1.43. The van der Waals surface area contributed by atoms with Crippen LogP contribution >= 0.6 is 0 Å². The van der Waals surface area contributed by atoms with Gasteiger partial charge in [0.2, 0.25) is 0 Å². The summed E-state index contributed by atoms with van der Waals surface area (Å²) in [4.78, 5) is 0. The van der Waals surface area contributed by atoms with Crippen LogP contribution in [0.15, 0.2) is 24.7 Å². The van der Waals surface area contributed by atoms with Crippen molar-refractivity contribution in [3.8, 4) is 0 Å². The van der Waals surface area contributed by atoms with Gasteiger partial charge >= 0.3 is 0 Å². The van der Waals surface area contributed by atoms with Crippen LogP contribution in [-0.2, 0) is 4.74 Å². The average molecular weight is 182 g/mol. The molecule has 0 fully saturated rings. The maximum Gasteiger partial charge on any atom is 0.0866 e. The zero-order valence-corrected chi connectivity index (χ0v) is 9.50. The molecule has 0 aliphatic carbocycles. The molecule has 0 N–H and O–H groups in total. The lowest BCUT2D eigenvalue weighted by atomic mass is 9.97. The molecular formula is C12H22O. The smallest absolute Gasteiger partial charge is 0.0866 e. The minimum absolute atomic E-state index is 0.200. The first-order chi connectivity index (χ1) is 5.92. The summed E-state index contributed by atoms with van der Waals surface area (Å²) < 4.78 is 5.20. The molecule has 0 amide bonds. The average Bonchev–Trinajstić information content (AvgIpc) is 1.93. The molecule has 0 aliphatic heterocycles. The standard InChI is InChI=1S/C12H22O/c1-11(2)7-6-9-13-10-8-12(3,4)5/h6,8-11H,7H2,1-5H3. The highest BCUT2D eigenvalue weighted by Gasteiger charge is 2.02. The summed E-state index contributed by atoms with van der Waals surface area (Å²) in [5, 5.41) is 0. The van der Waals surface area contributed by atoms with Gasteiger partial charge in [-0.25, -0.2) is 0 Å². The maximum atomic E-state index is 5.20. The van der Waals surface area contributed by atoms with E-state index in [-0.39, 0.29) is 5.41 Å². The van der Waals surface area contributed by atoms with Crippen molar-refractivity contribution in [3.05, 3.63) is 24.7 Å². The van der Waals surface area contributed by atoms with E-state index in [1.807, 2.05) is 6.08 Å². The van der Waals surface area contributed by atoms with E-state index in [4.69, 9.17) is 4.74 Å². The molecule has 0 atom stereocenters. The van der Waals surface area contributed by atoms with E-state index in [2.05, 4.69) is 40.7 Å². The molecule has 0 saturated carbocycles. The Morgan fingerprint density at radius 2 is 1.77 bits per heavy atom. The first-order valence-corrected chi connectivity index (χ1v) is 4.90. The summed E-state index contributed by atoms with van der Waals surface area (Å²) in [7, 11) is 0. The Hall–Kier alpha value is -0.720. The van der Waals surface area contributed by atoms with Crippen molar-refractivity contribution in [3.63, 3.8) is 0 Å². The van der Waals surface area contributed by atoms with E-state index in [0.29, 0.717) is 5.92 Å². The second-order valence-electron chi connectivity index (χ2n) is 4.81. The molecule has 0 aliphatic rings. The molecule has 0 saturated heterocycles. The van der Waals surface area contributed by atoms with Gasteiger partial charge in [-0.2, -0.15) is 0 Å². The molecule has 0 radical (unpaired) electrons. The molecular weight excluding hydrogens is 160 g/mol. The fourth-order valence-electron chi connectivity index (χ4n) is 0.672. The van der Waals surface area contributed by atoms with Crippen molar-refractivity contribution < 1.29 is 4.74 Å². The second-order valence-corrected chi connectivity index (χ2v) is 4.81. The van der Waals surface area contributed by atoms with Crippen molar-refractivity contribution in [2.75, 3.05) is 0 Å². The highest BCUT2D eigenvalue weighted by atomic mass is 16.5. The van der Waals surface area contributed by atoms with Gasteiger partial charge in [-0.05, 0) is 29.9 Å². The van der Waals surface area contributed by atoms with Gasteiger partial charge in [-0.3, -0.25) is 0 Å². The highest BCUT2D eigenvalue weighted by molar-refractivity contribution is 4.89. The van der Waals surface area contributed by atoms with Crippen LogP contribution in [0, 0.1) is 11.3 Å². The Kier molecular flexibility index (Phi) is 5.52. The molecule has 0 unspecified atom stereocenters. The van der Waals surface area contributed by atoms with Crippen molar-refractivity contribution in [1.29, 1.82) is 0 Å². The quantitative estimate of drug-likeness (QED) is 0.594. The van der Waals surface area contributed by atoms with Gasteiger partial charge in [-0.15, -0.1) is 0 Å². The topological polar surface area (TPSA) is 9.23 Å². The van der Waals surface area contributed by atoms with Gasteiger partial charge in [0, 0.05) is 0 Å². The predicted molar refractivity (Wildman–Crippen MR) is 58.3 cm³/mol. The van der Waals surface area contributed by atoms with Crippen LogP contribution < -0.4 is 0 Å². The largest absolute Gasteiger partial charge is 0.473 e. The second kappa shape index (κ2) is 5.85. The lowest BCUT2D eigenvalue weighted by Gasteiger charge is -2.09. The van der Waals surface area contributed by atoms with E-state index in [1.54, 1.807) is 12.5 Å². The van der Waals surface area contributed by atoms with Gasteiger partial charge in [0.1, 0.15) is 0 Å². The number of hydrogen-bond donors (Lipinski definition) is 0. The molecule has 13 heavy (non-hydrogen) atoms. The fraction of sp³-hybridized carbons (Fsp3) is 0.667. The van der Waals surface area contributed by atoms with E-state index in [1.165, 1.54) is 0 Å². The van der Waals surface area contributed by atoms with Crippen LogP contribution in [0.4, 0.5) is 0 Å². The molecule has 1 nitrogen and oxygen atoms in total. The van der Waals surface area contributed by atoms with Gasteiger partial charge in [-0.1, -0.05) is 34.6 Å². The van der Waals surface area contributed by atoms with Gasteiger partial charge in [0.05, 0.1) is 12.5 Å². The van der Waals surface area contributed by atoms with Crippen LogP contribution in [0.1, 0.15) is 41.0 Å². The Morgan fingerprint density at radius 1 is 1.15 bits per heavy atom. The molecule has 0 bridgehead atoms. The Labute approximate surface area is 82.5 Å². The number of allylic oxidation sites excluding steroid dienone is 2. The normalized spacial score (nSPS) is 13.4. The molecule has 0 heterocycles.